The zero-order chi connectivity index (χ0) is 28.8. The summed E-state index contributed by atoms with van der Waals surface area (Å²) in [6.07, 6.45) is -4.02. The molecule has 1 saturated carbocycles. The first-order valence-electron chi connectivity index (χ1n) is 11.1. The molecule has 1 aliphatic carbocycles. The molecule has 0 spiro atoms. The number of aromatic nitrogens is 3. The minimum absolute atomic E-state index is 0.271. The predicted octanol–water partition coefficient (Wildman–Crippen LogP) is 3.26. The highest BCUT2D eigenvalue weighted by Gasteiger charge is 2.39. The lowest BCUT2D eigenvalue weighted by molar-refractivity contribution is -0.193. The number of aryl methyl sites for hydroxylation is 1. The molecule has 2 aliphatic rings. The van der Waals surface area contributed by atoms with Crippen LogP contribution in [0.25, 0.3) is 11.4 Å². The molecule has 38 heavy (non-hydrogen) atoms. The predicted molar refractivity (Wildman–Crippen MR) is 117 cm³/mol. The van der Waals surface area contributed by atoms with Crippen LogP contribution in [0.15, 0.2) is 18.3 Å². The van der Waals surface area contributed by atoms with Gasteiger partial charge in [0.2, 0.25) is 0 Å². The first-order valence-corrected chi connectivity index (χ1v) is 11.1. The number of pyridine rings is 1. The molecule has 3 heterocycles. The molecule has 0 amide bonds. The summed E-state index contributed by atoms with van der Waals surface area (Å²) in [5.41, 5.74) is 3.66. The minimum Gasteiger partial charge on any atom is -0.478 e. The van der Waals surface area contributed by atoms with Crippen molar-refractivity contribution >= 4 is 17.9 Å². The zero-order valence-corrected chi connectivity index (χ0v) is 19.9. The Morgan fingerprint density at radius 3 is 1.92 bits per heavy atom. The number of aromatic carboxylic acids is 1. The maximum Gasteiger partial charge on any atom is 0.490 e. The lowest BCUT2D eigenvalue weighted by Crippen LogP contribution is -2.28. The van der Waals surface area contributed by atoms with E-state index in [0.717, 1.165) is 48.8 Å². The Hall–Kier alpha value is -3.69. The van der Waals surface area contributed by atoms with Gasteiger partial charge in [0.1, 0.15) is 5.69 Å². The molecule has 0 atom stereocenters. The monoisotopic (exact) mass is 554 g/mol. The molecule has 0 aromatic carbocycles. The van der Waals surface area contributed by atoms with E-state index < -0.39 is 30.3 Å². The van der Waals surface area contributed by atoms with Crippen LogP contribution in [0.5, 0.6) is 0 Å². The van der Waals surface area contributed by atoms with Gasteiger partial charge in [0.05, 0.1) is 11.3 Å². The van der Waals surface area contributed by atoms with Gasteiger partial charge in [0.25, 0.3) is 0 Å². The van der Waals surface area contributed by atoms with Crippen LogP contribution < -0.4 is 0 Å². The number of carboxylic acids is 3. The van der Waals surface area contributed by atoms with Gasteiger partial charge in [-0.25, -0.2) is 19.4 Å². The zero-order valence-electron chi connectivity index (χ0n) is 19.9. The number of carbonyl (C=O) groups is 3. The van der Waals surface area contributed by atoms with Crippen LogP contribution in [0.4, 0.5) is 26.3 Å². The van der Waals surface area contributed by atoms with Crippen LogP contribution in [0.2, 0.25) is 0 Å². The van der Waals surface area contributed by atoms with Crippen LogP contribution in [-0.4, -0.2) is 84.9 Å². The average Bonchev–Trinajstić information content (AvgIpc) is 3.55. The second-order valence-corrected chi connectivity index (χ2v) is 8.49. The van der Waals surface area contributed by atoms with Crippen LogP contribution >= 0.6 is 0 Å². The lowest BCUT2D eigenvalue weighted by Gasteiger charge is -2.18. The highest BCUT2D eigenvalue weighted by atomic mass is 19.4. The summed E-state index contributed by atoms with van der Waals surface area (Å²) in [6, 6.07) is 3.64. The van der Waals surface area contributed by atoms with E-state index in [1.165, 1.54) is 19.4 Å². The number of hydrogen-bond donors (Lipinski definition) is 3. The molecule has 0 unspecified atom stereocenters. The molecule has 210 valence electrons. The quantitative estimate of drug-likeness (QED) is 0.485. The Morgan fingerprint density at radius 1 is 0.974 bits per heavy atom. The number of carboxylic acid groups (broad SMARTS) is 3. The minimum atomic E-state index is -5.08. The molecule has 16 heteroatoms. The summed E-state index contributed by atoms with van der Waals surface area (Å²) in [7, 11) is 1.81. The van der Waals surface area contributed by atoms with Gasteiger partial charge in [-0.1, -0.05) is 0 Å². The van der Waals surface area contributed by atoms with E-state index in [9.17, 15) is 36.2 Å². The van der Waals surface area contributed by atoms with Gasteiger partial charge in [0.15, 0.2) is 0 Å². The number of hydrogen-bond acceptors (Lipinski definition) is 6. The van der Waals surface area contributed by atoms with Crippen molar-refractivity contribution in [2.45, 2.75) is 38.0 Å². The second kappa shape index (κ2) is 12.2. The van der Waals surface area contributed by atoms with Crippen molar-refractivity contribution in [3.63, 3.8) is 0 Å². The molecular formula is C22H24F6N4O6. The average molecular weight is 554 g/mol. The van der Waals surface area contributed by atoms with Crippen LogP contribution in [0.3, 0.4) is 0 Å². The van der Waals surface area contributed by atoms with Crippen molar-refractivity contribution in [1.82, 2.24) is 19.7 Å². The number of rotatable bonds is 4. The van der Waals surface area contributed by atoms with E-state index in [1.807, 2.05) is 19.2 Å². The lowest BCUT2D eigenvalue weighted by atomic mass is 10.0. The summed E-state index contributed by atoms with van der Waals surface area (Å²) in [5.74, 6) is -5.57. The van der Waals surface area contributed by atoms with Crippen molar-refractivity contribution in [3.8, 4) is 11.4 Å². The third-order valence-electron chi connectivity index (χ3n) is 5.55. The highest BCUT2D eigenvalue weighted by Crippen LogP contribution is 2.31. The summed E-state index contributed by atoms with van der Waals surface area (Å²) in [6.45, 7) is 3.18. The highest BCUT2D eigenvalue weighted by molar-refractivity contribution is 5.94. The van der Waals surface area contributed by atoms with E-state index in [-0.39, 0.29) is 5.56 Å². The van der Waals surface area contributed by atoms with Gasteiger partial charge in [-0.15, -0.1) is 0 Å². The Labute approximate surface area is 211 Å². The SMILES string of the molecule is Cn1nccc1-c1nc2c(cc1C(=O)O)CCN(CC1CC1)CC2.O=C(O)C(F)(F)F.O=C(O)C(F)(F)F. The molecular weight excluding hydrogens is 530 g/mol. The van der Waals surface area contributed by atoms with Crippen molar-refractivity contribution < 1.29 is 56.0 Å². The van der Waals surface area contributed by atoms with Crippen LogP contribution in [0, 0.1) is 5.92 Å². The van der Waals surface area contributed by atoms with Crippen molar-refractivity contribution in [3.05, 3.63) is 35.2 Å². The largest absolute Gasteiger partial charge is 0.490 e. The maximum absolute atomic E-state index is 11.7. The first-order chi connectivity index (χ1) is 17.5. The van der Waals surface area contributed by atoms with Gasteiger partial charge < -0.3 is 20.2 Å². The molecule has 0 saturated heterocycles. The van der Waals surface area contributed by atoms with Gasteiger partial charge in [-0.3, -0.25) is 4.68 Å². The van der Waals surface area contributed by atoms with Crippen molar-refractivity contribution in [2.75, 3.05) is 19.6 Å². The van der Waals surface area contributed by atoms with E-state index in [4.69, 9.17) is 24.8 Å². The van der Waals surface area contributed by atoms with Crippen LogP contribution in [-0.2, 0) is 29.5 Å². The van der Waals surface area contributed by atoms with Crippen molar-refractivity contribution in [1.29, 1.82) is 0 Å². The van der Waals surface area contributed by atoms with E-state index in [1.54, 1.807) is 10.9 Å². The summed E-state index contributed by atoms with van der Waals surface area (Å²) >= 11 is 0. The summed E-state index contributed by atoms with van der Waals surface area (Å²) in [5, 5.41) is 28.0. The maximum atomic E-state index is 11.7. The van der Waals surface area contributed by atoms with E-state index in [2.05, 4.69) is 10.00 Å². The smallest absolute Gasteiger partial charge is 0.478 e. The number of fused-ring (bicyclic) bond motifs is 1. The molecule has 1 aliphatic heterocycles. The van der Waals surface area contributed by atoms with Gasteiger partial charge in [0, 0.05) is 45.0 Å². The number of alkyl halides is 6. The summed E-state index contributed by atoms with van der Waals surface area (Å²) < 4.78 is 65.2. The summed E-state index contributed by atoms with van der Waals surface area (Å²) in [4.78, 5) is 36.8. The Bertz CT molecular complexity index is 1140. The van der Waals surface area contributed by atoms with E-state index >= 15 is 0 Å². The van der Waals surface area contributed by atoms with Crippen molar-refractivity contribution in [2.24, 2.45) is 13.0 Å². The Kier molecular flexibility index (Phi) is 9.83. The van der Waals surface area contributed by atoms with Gasteiger partial charge in [-0.2, -0.15) is 31.4 Å². The molecule has 3 N–H and O–H groups in total. The Balaban J connectivity index is 0.000000301. The molecule has 4 rings (SSSR count). The molecule has 0 bridgehead atoms. The standard InChI is InChI=1S/C18H22N4O2.2C2HF3O2/c1-21-16(4-7-19-21)17-14(18(23)24)10-13-5-8-22(11-12-2-3-12)9-6-15(13)20-17;2*3-2(4,5)1(6)7/h4,7,10,12H,2-3,5-6,8-9,11H2,1H3,(H,23,24);2*(H,6,7). The van der Waals surface area contributed by atoms with Gasteiger partial charge >= 0.3 is 30.3 Å². The fourth-order valence-electron chi connectivity index (χ4n) is 3.49. The third kappa shape index (κ3) is 9.00. The molecule has 0 radical (unpaired) electrons. The molecule has 2 aromatic heterocycles. The molecule has 10 nitrogen and oxygen atoms in total. The number of halogens is 6. The van der Waals surface area contributed by atoms with E-state index in [0.29, 0.717) is 5.69 Å². The normalized spacial score (nSPS) is 15.7. The number of aliphatic carboxylic acids is 2. The fourth-order valence-corrected chi connectivity index (χ4v) is 3.49. The second-order valence-electron chi connectivity index (χ2n) is 8.49. The molecule has 2 aromatic rings. The Morgan fingerprint density at radius 2 is 1.50 bits per heavy atom. The topological polar surface area (TPSA) is 146 Å². The third-order valence-corrected chi connectivity index (χ3v) is 5.55. The number of nitrogens with zero attached hydrogens (tertiary/aromatic N) is 4. The fraction of sp³-hybridized carbons (Fsp3) is 0.500. The first kappa shape index (κ1) is 30.5. The van der Waals surface area contributed by atoms with Gasteiger partial charge in [-0.05, 0) is 42.9 Å². The van der Waals surface area contributed by atoms with Crippen LogP contribution in [0.1, 0.15) is 34.5 Å². The molecule has 1 fully saturated rings.